The van der Waals surface area contributed by atoms with Crippen LogP contribution in [0.4, 0.5) is 0 Å². The lowest BCUT2D eigenvalue weighted by molar-refractivity contribution is -0.122. The smallest absolute Gasteiger partial charge is 0.287 e. The van der Waals surface area contributed by atoms with Crippen molar-refractivity contribution in [1.82, 2.24) is 15.6 Å². The maximum absolute atomic E-state index is 12.0. The van der Waals surface area contributed by atoms with Gasteiger partial charge in [0.2, 0.25) is 5.91 Å². The Hall–Kier alpha value is -2.83. The molecule has 2 rings (SSSR count). The van der Waals surface area contributed by atoms with Crippen LogP contribution < -0.4 is 16.2 Å². The van der Waals surface area contributed by atoms with Crippen molar-refractivity contribution in [2.45, 2.75) is 33.4 Å². The van der Waals surface area contributed by atoms with E-state index in [1.54, 1.807) is 19.9 Å². The Morgan fingerprint density at radius 3 is 2.70 bits per heavy atom. The van der Waals surface area contributed by atoms with Crippen molar-refractivity contribution in [1.29, 1.82) is 0 Å². The van der Waals surface area contributed by atoms with E-state index in [0.29, 0.717) is 5.56 Å². The molecule has 0 bridgehead atoms. The third-order valence-electron chi connectivity index (χ3n) is 3.42. The Kier molecular flexibility index (Phi) is 5.00. The van der Waals surface area contributed by atoms with Crippen molar-refractivity contribution in [3.05, 3.63) is 57.4 Å². The molecule has 1 atom stereocenters. The van der Waals surface area contributed by atoms with Crippen molar-refractivity contribution < 1.29 is 14.0 Å². The van der Waals surface area contributed by atoms with Crippen molar-refractivity contribution in [3.63, 3.8) is 0 Å². The zero-order valence-corrected chi connectivity index (χ0v) is 13.2. The second-order valence-electron chi connectivity index (χ2n) is 5.33. The van der Waals surface area contributed by atoms with Gasteiger partial charge in [-0.2, -0.15) is 0 Å². The summed E-state index contributed by atoms with van der Waals surface area (Å²) < 4.78 is 4.96. The molecule has 0 radical (unpaired) electrons. The lowest BCUT2D eigenvalue weighted by atomic mass is 10.1. The van der Waals surface area contributed by atoms with Gasteiger partial charge in [0.1, 0.15) is 6.04 Å². The first-order valence-corrected chi connectivity index (χ1v) is 7.20. The molecule has 3 N–H and O–H groups in total. The van der Waals surface area contributed by atoms with Gasteiger partial charge < -0.3 is 20.0 Å². The van der Waals surface area contributed by atoms with Gasteiger partial charge in [-0.15, -0.1) is 0 Å². The molecule has 0 saturated heterocycles. The van der Waals surface area contributed by atoms with E-state index in [2.05, 4.69) is 15.6 Å². The van der Waals surface area contributed by atoms with Crippen molar-refractivity contribution in [2.24, 2.45) is 0 Å². The lowest BCUT2D eigenvalue weighted by Crippen LogP contribution is -2.45. The maximum Gasteiger partial charge on any atom is 0.287 e. The van der Waals surface area contributed by atoms with Crippen LogP contribution >= 0.6 is 0 Å². The fourth-order valence-electron chi connectivity index (χ4n) is 2.17. The van der Waals surface area contributed by atoms with E-state index in [1.165, 1.54) is 12.3 Å². The summed E-state index contributed by atoms with van der Waals surface area (Å²) in [5.41, 5.74) is 1.84. The number of carbonyl (C=O) groups excluding carboxylic acids is 2. The first-order valence-electron chi connectivity index (χ1n) is 7.20. The largest absolute Gasteiger partial charge is 0.459 e. The molecule has 23 heavy (non-hydrogen) atoms. The monoisotopic (exact) mass is 317 g/mol. The molecule has 0 aromatic carbocycles. The summed E-state index contributed by atoms with van der Waals surface area (Å²) in [6.07, 6.45) is 1.38. The van der Waals surface area contributed by atoms with Crippen LogP contribution in [0, 0.1) is 13.8 Å². The topological polar surface area (TPSA) is 104 Å². The molecule has 7 heteroatoms. The van der Waals surface area contributed by atoms with E-state index in [9.17, 15) is 14.4 Å². The fourth-order valence-corrected chi connectivity index (χ4v) is 2.17. The number of H-pyrrole nitrogens is 1. The molecule has 2 aromatic rings. The Morgan fingerprint density at radius 1 is 1.35 bits per heavy atom. The minimum absolute atomic E-state index is 0.0985. The minimum atomic E-state index is -0.752. The molecule has 0 unspecified atom stereocenters. The van der Waals surface area contributed by atoms with Crippen LogP contribution in [0.3, 0.4) is 0 Å². The zero-order chi connectivity index (χ0) is 17.0. The average molecular weight is 317 g/mol. The number of carbonyl (C=O) groups is 2. The fraction of sp³-hybridized carbons (Fsp3) is 0.312. The molecule has 2 aromatic heterocycles. The molecule has 2 heterocycles. The van der Waals surface area contributed by atoms with E-state index in [1.807, 2.05) is 13.0 Å². The first kappa shape index (κ1) is 16.5. The maximum atomic E-state index is 12.0. The van der Waals surface area contributed by atoms with Crippen LogP contribution in [-0.4, -0.2) is 22.8 Å². The van der Waals surface area contributed by atoms with Crippen LogP contribution in [0.25, 0.3) is 0 Å². The van der Waals surface area contributed by atoms with Gasteiger partial charge in [0, 0.05) is 17.8 Å². The van der Waals surface area contributed by atoms with Crippen LogP contribution in [0.5, 0.6) is 0 Å². The molecule has 0 aliphatic rings. The Labute approximate surface area is 133 Å². The highest BCUT2D eigenvalue weighted by molar-refractivity contribution is 5.95. The molecular weight excluding hydrogens is 298 g/mol. The summed E-state index contributed by atoms with van der Waals surface area (Å²) in [4.78, 5) is 38.4. The number of hydrogen-bond acceptors (Lipinski definition) is 4. The zero-order valence-electron chi connectivity index (χ0n) is 13.2. The van der Waals surface area contributed by atoms with Crippen molar-refractivity contribution in [3.8, 4) is 0 Å². The SMILES string of the molecule is Cc1cc(C)c(CNC(=O)[C@H](C)NC(=O)c2ccco2)c(=O)[nH]1. The Balaban J connectivity index is 1.94. The van der Waals surface area contributed by atoms with E-state index < -0.39 is 11.9 Å². The Morgan fingerprint density at radius 2 is 2.09 bits per heavy atom. The van der Waals surface area contributed by atoms with E-state index in [4.69, 9.17) is 4.42 Å². The third-order valence-corrected chi connectivity index (χ3v) is 3.42. The minimum Gasteiger partial charge on any atom is -0.459 e. The van der Waals surface area contributed by atoms with Gasteiger partial charge in [-0.3, -0.25) is 14.4 Å². The number of aromatic amines is 1. The molecule has 0 saturated carbocycles. The van der Waals surface area contributed by atoms with Crippen LogP contribution in [0.2, 0.25) is 0 Å². The molecule has 2 amide bonds. The highest BCUT2D eigenvalue weighted by Gasteiger charge is 2.18. The number of aryl methyl sites for hydroxylation is 2. The summed E-state index contributed by atoms with van der Waals surface area (Å²) in [6, 6.07) is 4.18. The van der Waals surface area contributed by atoms with Gasteiger partial charge in [-0.05, 0) is 44.5 Å². The number of aromatic nitrogens is 1. The molecule has 0 aliphatic heterocycles. The number of rotatable bonds is 5. The van der Waals surface area contributed by atoms with Crippen LogP contribution in [-0.2, 0) is 11.3 Å². The van der Waals surface area contributed by atoms with Crippen molar-refractivity contribution in [2.75, 3.05) is 0 Å². The normalized spacial score (nSPS) is 11.8. The number of furan rings is 1. The number of pyridine rings is 1. The van der Waals surface area contributed by atoms with Gasteiger partial charge in [-0.25, -0.2) is 0 Å². The number of nitrogens with one attached hydrogen (secondary N) is 3. The predicted molar refractivity (Wildman–Crippen MR) is 84.0 cm³/mol. The van der Waals surface area contributed by atoms with E-state index in [0.717, 1.165) is 11.3 Å². The Bertz CT molecular complexity index is 762. The molecule has 0 spiro atoms. The molecule has 7 nitrogen and oxygen atoms in total. The third kappa shape index (κ3) is 4.09. The summed E-state index contributed by atoms with van der Waals surface area (Å²) in [5.74, 6) is -0.721. The molecule has 0 aliphatic carbocycles. The van der Waals surface area contributed by atoms with E-state index in [-0.39, 0.29) is 23.8 Å². The summed E-state index contributed by atoms with van der Waals surface area (Å²) in [6.45, 7) is 5.26. The van der Waals surface area contributed by atoms with Gasteiger partial charge in [0.25, 0.3) is 11.5 Å². The first-order chi connectivity index (χ1) is 10.9. The van der Waals surface area contributed by atoms with Gasteiger partial charge in [0.15, 0.2) is 5.76 Å². The molecule has 0 fully saturated rings. The standard InChI is InChI=1S/C16H19N3O4/c1-9-7-10(2)18-15(21)12(9)8-17-14(20)11(3)19-16(22)13-5-4-6-23-13/h4-7,11H,8H2,1-3H3,(H,17,20)(H,18,21)(H,19,22)/t11-/m0/s1. The highest BCUT2D eigenvalue weighted by atomic mass is 16.3. The second-order valence-corrected chi connectivity index (χ2v) is 5.33. The summed E-state index contributed by atoms with van der Waals surface area (Å²) >= 11 is 0. The second kappa shape index (κ2) is 6.95. The highest BCUT2D eigenvalue weighted by Crippen LogP contribution is 2.03. The summed E-state index contributed by atoms with van der Waals surface area (Å²) in [5, 5.41) is 5.17. The number of hydrogen-bond donors (Lipinski definition) is 3. The quantitative estimate of drug-likeness (QED) is 0.765. The predicted octanol–water partition coefficient (Wildman–Crippen LogP) is 1.02. The van der Waals surface area contributed by atoms with Crippen LogP contribution in [0.1, 0.15) is 34.3 Å². The average Bonchev–Trinajstić information content (AvgIpc) is 2.99. The van der Waals surface area contributed by atoms with E-state index >= 15 is 0 Å². The number of amides is 2. The van der Waals surface area contributed by atoms with Gasteiger partial charge >= 0.3 is 0 Å². The lowest BCUT2D eigenvalue weighted by Gasteiger charge is -2.14. The molecule has 122 valence electrons. The summed E-state index contributed by atoms with van der Waals surface area (Å²) in [7, 11) is 0. The van der Waals surface area contributed by atoms with Gasteiger partial charge in [-0.1, -0.05) is 0 Å². The van der Waals surface area contributed by atoms with Crippen LogP contribution in [0.15, 0.2) is 33.7 Å². The molecular formula is C16H19N3O4. The van der Waals surface area contributed by atoms with Gasteiger partial charge in [0.05, 0.1) is 6.26 Å². The van der Waals surface area contributed by atoms with Crippen molar-refractivity contribution >= 4 is 11.8 Å².